The van der Waals surface area contributed by atoms with Gasteiger partial charge in [-0.2, -0.15) is 0 Å². The Balaban J connectivity index is 1.91. The molecule has 0 bridgehead atoms. The van der Waals surface area contributed by atoms with Crippen LogP contribution in [0.25, 0.3) is 11.2 Å². The Bertz CT molecular complexity index is 825. The van der Waals surface area contributed by atoms with E-state index in [2.05, 4.69) is 25.9 Å². The number of nitrogens with zero attached hydrogens (tertiary/aromatic N) is 2. The highest BCUT2D eigenvalue weighted by Crippen LogP contribution is 2.17. The van der Waals surface area contributed by atoms with Crippen LogP contribution in [0.1, 0.15) is 5.56 Å². The van der Waals surface area contributed by atoms with Crippen LogP contribution in [-0.4, -0.2) is 14.5 Å². The first-order valence-corrected chi connectivity index (χ1v) is 7.32. The molecular weight excluding hydrogens is 341 g/mol. The molecule has 102 valence electrons. The highest BCUT2D eigenvalue weighted by Gasteiger charge is 2.06. The van der Waals surface area contributed by atoms with E-state index >= 15 is 0 Å². The molecule has 1 aromatic carbocycles. The van der Waals surface area contributed by atoms with Gasteiger partial charge in [-0.05, 0) is 58.3 Å². The molecule has 0 atom stereocenters. The standard InChI is InChI=1S/C14H11BrFN3S/c15-10-7-12-13(17-8-10)19(14(20)18-12)5-4-9-2-1-3-11(16)6-9/h1-3,6-8H,4-5H2,(H,18,20). The molecular formula is C14H11BrFN3S. The first-order valence-electron chi connectivity index (χ1n) is 6.12. The number of imidazole rings is 1. The summed E-state index contributed by atoms with van der Waals surface area (Å²) in [5.74, 6) is -0.216. The van der Waals surface area contributed by atoms with E-state index in [-0.39, 0.29) is 5.82 Å². The van der Waals surface area contributed by atoms with Gasteiger partial charge in [-0.15, -0.1) is 0 Å². The van der Waals surface area contributed by atoms with E-state index in [4.69, 9.17) is 12.2 Å². The Kier molecular flexibility index (Phi) is 3.67. The number of fused-ring (bicyclic) bond motifs is 1. The van der Waals surface area contributed by atoms with Gasteiger partial charge in [0.2, 0.25) is 0 Å². The van der Waals surface area contributed by atoms with Gasteiger partial charge in [-0.1, -0.05) is 12.1 Å². The molecule has 0 saturated carbocycles. The zero-order valence-electron chi connectivity index (χ0n) is 10.4. The van der Waals surface area contributed by atoms with Crippen molar-refractivity contribution in [2.45, 2.75) is 13.0 Å². The maximum atomic E-state index is 13.2. The SMILES string of the molecule is Fc1cccc(CCn2c(=S)[nH]c3cc(Br)cnc32)c1. The molecule has 0 fully saturated rings. The molecule has 0 unspecified atom stereocenters. The summed E-state index contributed by atoms with van der Waals surface area (Å²) in [6, 6.07) is 8.55. The number of rotatable bonds is 3. The van der Waals surface area contributed by atoms with E-state index in [1.165, 1.54) is 6.07 Å². The van der Waals surface area contributed by atoms with Gasteiger partial charge in [-0.3, -0.25) is 0 Å². The second-order valence-electron chi connectivity index (χ2n) is 4.49. The molecule has 0 radical (unpaired) electrons. The van der Waals surface area contributed by atoms with Crippen LogP contribution < -0.4 is 0 Å². The summed E-state index contributed by atoms with van der Waals surface area (Å²) in [7, 11) is 0. The fourth-order valence-corrected chi connectivity index (χ4v) is 2.78. The molecule has 2 aromatic heterocycles. The number of hydrogen-bond acceptors (Lipinski definition) is 2. The average molecular weight is 352 g/mol. The zero-order chi connectivity index (χ0) is 14.1. The first-order chi connectivity index (χ1) is 9.63. The van der Waals surface area contributed by atoms with E-state index in [9.17, 15) is 4.39 Å². The van der Waals surface area contributed by atoms with Crippen LogP contribution >= 0.6 is 28.1 Å². The predicted octanol–water partition coefficient (Wildman–Crippen LogP) is 4.24. The lowest BCUT2D eigenvalue weighted by atomic mass is 10.1. The second kappa shape index (κ2) is 5.46. The van der Waals surface area contributed by atoms with Crippen LogP contribution in [-0.2, 0) is 13.0 Å². The lowest BCUT2D eigenvalue weighted by Gasteiger charge is -2.04. The Morgan fingerprint density at radius 2 is 2.20 bits per heavy atom. The van der Waals surface area contributed by atoms with E-state index in [1.54, 1.807) is 18.3 Å². The first kappa shape index (κ1) is 13.5. The molecule has 0 saturated heterocycles. The minimum Gasteiger partial charge on any atom is -0.329 e. The van der Waals surface area contributed by atoms with Gasteiger partial charge in [0, 0.05) is 17.2 Å². The predicted molar refractivity (Wildman–Crippen MR) is 82.7 cm³/mol. The number of benzene rings is 1. The van der Waals surface area contributed by atoms with Gasteiger partial charge in [-0.25, -0.2) is 9.37 Å². The molecule has 3 nitrogen and oxygen atoms in total. The number of aromatic amines is 1. The van der Waals surface area contributed by atoms with Crippen LogP contribution in [0.2, 0.25) is 0 Å². The van der Waals surface area contributed by atoms with Gasteiger partial charge < -0.3 is 9.55 Å². The molecule has 6 heteroatoms. The minimum absolute atomic E-state index is 0.216. The Hall–Kier alpha value is -1.53. The summed E-state index contributed by atoms with van der Waals surface area (Å²) in [5, 5.41) is 0. The third-order valence-corrected chi connectivity index (χ3v) is 3.84. The van der Waals surface area contributed by atoms with Gasteiger partial charge in [0.15, 0.2) is 10.4 Å². The third kappa shape index (κ3) is 2.66. The summed E-state index contributed by atoms with van der Waals surface area (Å²) in [4.78, 5) is 7.50. The van der Waals surface area contributed by atoms with Crippen molar-refractivity contribution in [1.29, 1.82) is 0 Å². The van der Waals surface area contributed by atoms with Crippen molar-refractivity contribution >= 4 is 39.3 Å². The lowest BCUT2D eigenvalue weighted by molar-refractivity contribution is 0.622. The molecule has 0 amide bonds. The van der Waals surface area contributed by atoms with Crippen molar-refractivity contribution in [2.75, 3.05) is 0 Å². The number of nitrogens with one attached hydrogen (secondary N) is 1. The van der Waals surface area contributed by atoms with Gasteiger partial charge >= 0.3 is 0 Å². The summed E-state index contributed by atoms with van der Waals surface area (Å²) in [6.07, 6.45) is 2.44. The smallest absolute Gasteiger partial charge is 0.179 e. The van der Waals surface area contributed by atoms with Gasteiger partial charge in [0.1, 0.15) is 5.82 Å². The fourth-order valence-electron chi connectivity index (χ4n) is 2.16. The quantitative estimate of drug-likeness (QED) is 0.716. The monoisotopic (exact) mass is 351 g/mol. The molecule has 0 aliphatic heterocycles. The largest absolute Gasteiger partial charge is 0.329 e. The normalized spacial score (nSPS) is 11.1. The van der Waals surface area contributed by atoms with E-state index in [1.807, 2.05) is 16.7 Å². The summed E-state index contributed by atoms with van der Waals surface area (Å²) < 4.78 is 16.6. The van der Waals surface area contributed by atoms with Crippen LogP contribution in [0, 0.1) is 10.6 Å². The molecule has 1 N–H and O–H groups in total. The zero-order valence-corrected chi connectivity index (χ0v) is 12.8. The maximum absolute atomic E-state index is 13.2. The molecule has 20 heavy (non-hydrogen) atoms. The van der Waals surface area contributed by atoms with Crippen molar-refractivity contribution in [3.8, 4) is 0 Å². The molecule has 0 spiro atoms. The minimum atomic E-state index is -0.216. The van der Waals surface area contributed by atoms with Crippen LogP contribution in [0.3, 0.4) is 0 Å². The Morgan fingerprint density at radius 3 is 3.00 bits per heavy atom. The van der Waals surface area contributed by atoms with Gasteiger partial charge in [0.05, 0.1) is 5.52 Å². The molecule has 0 aliphatic rings. The molecule has 2 heterocycles. The lowest BCUT2D eigenvalue weighted by Crippen LogP contribution is -2.02. The molecule has 3 rings (SSSR count). The van der Waals surface area contributed by atoms with E-state index in [0.29, 0.717) is 17.7 Å². The van der Waals surface area contributed by atoms with Crippen LogP contribution in [0.15, 0.2) is 41.0 Å². The van der Waals surface area contributed by atoms with Crippen LogP contribution in [0.4, 0.5) is 4.39 Å². The third-order valence-electron chi connectivity index (χ3n) is 3.09. The number of H-pyrrole nitrogens is 1. The summed E-state index contributed by atoms with van der Waals surface area (Å²) >= 11 is 8.70. The molecule has 3 aromatic rings. The average Bonchev–Trinajstić information content (AvgIpc) is 2.71. The second-order valence-corrected chi connectivity index (χ2v) is 5.79. The van der Waals surface area contributed by atoms with Crippen molar-refractivity contribution < 1.29 is 4.39 Å². The highest BCUT2D eigenvalue weighted by atomic mass is 79.9. The van der Waals surface area contributed by atoms with Crippen molar-refractivity contribution in [3.63, 3.8) is 0 Å². The van der Waals surface area contributed by atoms with E-state index in [0.717, 1.165) is 21.2 Å². The van der Waals surface area contributed by atoms with Gasteiger partial charge in [0.25, 0.3) is 0 Å². The number of pyridine rings is 1. The summed E-state index contributed by atoms with van der Waals surface area (Å²) in [5.41, 5.74) is 2.65. The highest BCUT2D eigenvalue weighted by molar-refractivity contribution is 9.10. The van der Waals surface area contributed by atoms with Crippen molar-refractivity contribution in [1.82, 2.24) is 14.5 Å². The topological polar surface area (TPSA) is 33.6 Å². The van der Waals surface area contributed by atoms with Crippen molar-refractivity contribution in [2.24, 2.45) is 0 Å². The van der Waals surface area contributed by atoms with E-state index < -0.39 is 0 Å². The number of aromatic nitrogens is 3. The number of hydrogen-bond donors (Lipinski definition) is 1. The Labute approximate surface area is 128 Å². The van der Waals surface area contributed by atoms with Crippen LogP contribution in [0.5, 0.6) is 0 Å². The Morgan fingerprint density at radius 1 is 1.35 bits per heavy atom. The number of halogens is 2. The number of aryl methyl sites for hydroxylation is 2. The molecule has 0 aliphatic carbocycles. The summed E-state index contributed by atoms with van der Waals surface area (Å²) in [6.45, 7) is 0.664. The van der Waals surface area contributed by atoms with Crippen molar-refractivity contribution in [3.05, 3.63) is 57.2 Å². The maximum Gasteiger partial charge on any atom is 0.179 e. The fraction of sp³-hybridized carbons (Fsp3) is 0.143.